The predicted octanol–water partition coefficient (Wildman–Crippen LogP) is 12.9. The van der Waals surface area contributed by atoms with E-state index in [0.29, 0.717) is 0 Å². The summed E-state index contributed by atoms with van der Waals surface area (Å²) in [6, 6.07) is 2.47. The molecule has 0 aliphatic rings. The Morgan fingerprint density at radius 2 is 0.897 bits per heavy atom. The van der Waals surface area contributed by atoms with Gasteiger partial charge >= 0.3 is 0 Å². The minimum absolute atomic E-state index is 1.18. The van der Waals surface area contributed by atoms with E-state index in [1.54, 1.807) is 22.3 Å². The molecule has 0 unspecified atom stereocenters. The van der Waals surface area contributed by atoms with E-state index in [-0.39, 0.29) is 0 Å². The molecule has 0 bridgehead atoms. The van der Waals surface area contributed by atoms with Crippen LogP contribution in [0.2, 0.25) is 0 Å². The summed E-state index contributed by atoms with van der Waals surface area (Å²) in [4.78, 5) is 5.81. The molecule has 0 aliphatic carbocycles. The lowest BCUT2D eigenvalue weighted by Crippen LogP contribution is -1.92. The Balaban J connectivity index is 1.86. The molecule has 0 fully saturated rings. The summed E-state index contributed by atoms with van der Waals surface area (Å²) < 4.78 is 0. The molecule has 3 aromatic rings. The fourth-order valence-corrected chi connectivity index (χ4v) is 8.26. The highest BCUT2D eigenvalue weighted by Gasteiger charge is 2.12. The van der Waals surface area contributed by atoms with Crippen molar-refractivity contribution in [1.82, 2.24) is 0 Å². The van der Waals surface area contributed by atoms with Crippen LogP contribution in [0.5, 0.6) is 0 Å². The third-order valence-electron chi connectivity index (χ3n) is 7.63. The Morgan fingerprint density at radius 3 is 1.38 bits per heavy atom. The topological polar surface area (TPSA) is 0 Å². The maximum atomic E-state index is 2.47. The van der Waals surface area contributed by atoms with Gasteiger partial charge in [-0.25, -0.2) is 0 Å². The van der Waals surface area contributed by atoms with Gasteiger partial charge in [-0.1, -0.05) is 66.7 Å². The number of thiophene rings is 3. The SMILES string of the molecule is CCCCc1cc(/C=C/c2scc(CCCC)c2CCCC)sc1/C=C/c1scc(CCCC)c1CCCC. The van der Waals surface area contributed by atoms with Gasteiger partial charge in [0.25, 0.3) is 0 Å². The lowest BCUT2D eigenvalue weighted by Gasteiger charge is -2.05. The van der Waals surface area contributed by atoms with Gasteiger partial charge in [0.15, 0.2) is 0 Å². The fraction of sp³-hybridized carbons (Fsp3) is 0.556. The molecule has 0 atom stereocenters. The molecule has 0 amide bonds. The summed E-state index contributed by atoms with van der Waals surface area (Å²) >= 11 is 5.88. The summed E-state index contributed by atoms with van der Waals surface area (Å²) in [6.07, 6.45) is 28.5. The minimum Gasteiger partial charge on any atom is -0.144 e. The number of hydrogen-bond donors (Lipinski definition) is 0. The summed E-state index contributed by atoms with van der Waals surface area (Å²) in [6.45, 7) is 11.5. The van der Waals surface area contributed by atoms with Gasteiger partial charge in [-0.05, 0) is 133 Å². The molecule has 214 valence electrons. The zero-order valence-electron chi connectivity index (χ0n) is 25.4. The summed E-state index contributed by atoms with van der Waals surface area (Å²) in [5.74, 6) is 0. The van der Waals surface area contributed by atoms with E-state index < -0.39 is 0 Å². The molecule has 39 heavy (non-hydrogen) atoms. The van der Waals surface area contributed by atoms with Crippen molar-refractivity contribution in [3.05, 3.63) is 64.2 Å². The second-order valence-corrected chi connectivity index (χ2v) is 13.9. The monoisotopic (exact) mass is 580 g/mol. The first kappa shape index (κ1) is 32.1. The van der Waals surface area contributed by atoms with Gasteiger partial charge in [0.2, 0.25) is 0 Å². The standard InChI is InChI=1S/C36H52S3/c1-6-11-16-28-25-31(21-22-35-32(19-14-9-4)29(26-37-35)17-12-7-2)39-34(28)23-24-36-33(20-15-10-5)30(27-38-36)18-13-8-3/h21-27H,6-20H2,1-5H3/b22-21+,24-23+. The fourth-order valence-electron chi connectivity index (χ4n) is 5.14. The van der Waals surface area contributed by atoms with Crippen molar-refractivity contribution in [1.29, 1.82) is 0 Å². The summed E-state index contributed by atoms with van der Waals surface area (Å²) in [7, 11) is 0. The Labute approximate surface area is 252 Å². The second-order valence-electron chi connectivity index (χ2n) is 10.9. The molecule has 3 aromatic heterocycles. The van der Waals surface area contributed by atoms with Gasteiger partial charge in [-0.15, -0.1) is 34.0 Å². The van der Waals surface area contributed by atoms with Crippen LogP contribution in [-0.4, -0.2) is 0 Å². The summed E-state index contributed by atoms with van der Waals surface area (Å²) in [5, 5.41) is 4.87. The first-order chi connectivity index (χ1) is 19.1. The van der Waals surface area contributed by atoms with E-state index >= 15 is 0 Å². The van der Waals surface area contributed by atoms with Crippen molar-refractivity contribution >= 4 is 58.3 Å². The molecule has 0 aromatic carbocycles. The van der Waals surface area contributed by atoms with E-state index in [9.17, 15) is 0 Å². The first-order valence-corrected chi connectivity index (χ1v) is 18.4. The van der Waals surface area contributed by atoms with Crippen molar-refractivity contribution < 1.29 is 0 Å². The van der Waals surface area contributed by atoms with Crippen molar-refractivity contribution in [3.63, 3.8) is 0 Å². The lowest BCUT2D eigenvalue weighted by molar-refractivity contribution is 0.761. The molecule has 3 heteroatoms. The molecule has 3 heterocycles. The Hall–Kier alpha value is -1.42. The zero-order chi connectivity index (χ0) is 27.9. The molecule has 0 N–H and O–H groups in total. The lowest BCUT2D eigenvalue weighted by atomic mass is 10.00. The minimum atomic E-state index is 1.18. The van der Waals surface area contributed by atoms with Crippen LogP contribution in [0.25, 0.3) is 24.3 Å². The third kappa shape index (κ3) is 9.87. The third-order valence-corrected chi connectivity index (χ3v) is 10.8. The molecular weight excluding hydrogens is 529 g/mol. The van der Waals surface area contributed by atoms with Crippen molar-refractivity contribution in [3.8, 4) is 0 Å². The van der Waals surface area contributed by atoms with Gasteiger partial charge in [-0.3, -0.25) is 0 Å². The number of unbranched alkanes of at least 4 members (excludes halogenated alkanes) is 5. The van der Waals surface area contributed by atoms with Gasteiger partial charge in [0, 0.05) is 19.5 Å². The molecular formula is C36H52S3. The van der Waals surface area contributed by atoms with E-state index in [4.69, 9.17) is 0 Å². The molecule has 0 nitrogen and oxygen atoms in total. The van der Waals surface area contributed by atoms with Gasteiger partial charge < -0.3 is 0 Å². The van der Waals surface area contributed by atoms with E-state index in [0.717, 1.165) is 0 Å². The van der Waals surface area contributed by atoms with Crippen molar-refractivity contribution in [2.24, 2.45) is 0 Å². The number of rotatable bonds is 19. The second kappa shape index (κ2) is 18.1. The smallest absolute Gasteiger partial charge is 0.0309 e. The highest BCUT2D eigenvalue weighted by molar-refractivity contribution is 7.14. The quantitative estimate of drug-likeness (QED) is 0.132. The first-order valence-electron chi connectivity index (χ1n) is 15.8. The van der Waals surface area contributed by atoms with Crippen LogP contribution >= 0.6 is 34.0 Å². The van der Waals surface area contributed by atoms with Crippen LogP contribution in [0.15, 0.2) is 16.8 Å². The Bertz CT molecular complexity index is 1150. The molecule has 3 rings (SSSR count). The van der Waals surface area contributed by atoms with Gasteiger partial charge in [0.1, 0.15) is 0 Å². The predicted molar refractivity (Wildman–Crippen MR) is 184 cm³/mol. The van der Waals surface area contributed by atoms with Gasteiger partial charge in [-0.2, -0.15) is 0 Å². The molecule has 0 spiro atoms. The van der Waals surface area contributed by atoms with Crippen LogP contribution in [0.1, 0.15) is 146 Å². The number of hydrogen-bond acceptors (Lipinski definition) is 3. The van der Waals surface area contributed by atoms with Crippen LogP contribution in [0.4, 0.5) is 0 Å². The molecule has 0 saturated heterocycles. The van der Waals surface area contributed by atoms with E-state index in [1.165, 1.54) is 121 Å². The highest BCUT2D eigenvalue weighted by atomic mass is 32.1. The summed E-state index contributed by atoms with van der Waals surface area (Å²) in [5.41, 5.74) is 7.96. The average molecular weight is 581 g/mol. The Kier molecular flexibility index (Phi) is 14.9. The van der Waals surface area contributed by atoms with Crippen LogP contribution in [0.3, 0.4) is 0 Å². The van der Waals surface area contributed by atoms with Crippen LogP contribution in [0, 0.1) is 0 Å². The van der Waals surface area contributed by atoms with Crippen molar-refractivity contribution in [2.45, 2.75) is 131 Å². The van der Waals surface area contributed by atoms with E-state index in [1.807, 2.05) is 34.0 Å². The van der Waals surface area contributed by atoms with E-state index in [2.05, 4.69) is 75.7 Å². The Morgan fingerprint density at radius 1 is 0.487 bits per heavy atom. The number of aryl methyl sites for hydroxylation is 3. The van der Waals surface area contributed by atoms with Crippen LogP contribution < -0.4 is 0 Å². The van der Waals surface area contributed by atoms with Gasteiger partial charge in [0.05, 0.1) is 0 Å². The van der Waals surface area contributed by atoms with Crippen molar-refractivity contribution in [2.75, 3.05) is 0 Å². The van der Waals surface area contributed by atoms with Crippen LogP contribution in [-0.2, 0) is 32.1 Å². The highest BCUT2D eigenvalue weighted by Crippen LogP contribution is 2.33. The molecule has 0 radical (unpaired) electrons. The molecule has 0 aliphatic heterocycles. The maximum absolute atomic E-state index is 2.47. The normalized spacial score (nSPS) is 12.0. The largest absolute Gasteiger partial charge is 0.144 e. The zero-order valence-corrected chi connectivity index (χ0v) is 27.8. The average Bonchev–Trinajstić information content (AvgIpc) is 3.65. The maximum Gasteiger partial charge on any atom is 0.0309 e. The molecule has 0 saturated carbocycles.